The van der Waals surface area contributed by atoms with Crippen molar-refractivity contribution in [1.29, 1.82) is 0 Å². The second-order valence-corrected chi connectivity index (χ2v) is 6.13. The van der Waals surface area contributed by atoms with E-state index in [0.717, 1.165) is 0 Å². The number of esters is 1. The maximum absolute atomic E-state index is 11.3. The van der Waals surface area contributed by atoms with Gasteiger partial charge in [0.05, 0.1) is 18.8 Å². The highest BCUT2D eigenvalue weighted by Gasteiger charge is 2.24. The fourth-order valence-electron chi connectivity index (χ4n) is 1.30. The van der Waals surface area contributed by atoms with Crippen molar-refractivity contribution < 1.29 is 17.9 Å². The minimum absolute atomic E-state index is 0.0315. The van der Waals surface area contributed by atoms with E-state index in [1.807, 2.05) is 13.8 Å². The second kappa shape index (κ2) is 4.79. The average molecular weight is 232 g/mol. The summed E-state index contributed by atoms with van der Waals surface area (Å²) in [6.07, 6.45) is 1.72. The van der Waals surface area contributed by atoms with Gasteiger partial charge in [0.1, 0.15) is 0 Å². The van der Waals surface area contributed by atoms with Gasteiger partial charge in [0, 0.05) is 11.3 Å². The van der Waals surface area contributed by atoms with Gasteiger partial charge >= 0.3 is 5.97 Å². The Balaban J connectivity index is 2.32. The molecule has 0 radical (unpaired) electrons. The minimum atomic E-state index is -3.06. The Morgan fingerprint density at radius 1 is 1.53 bits per heavy atom. The Bertz CT molecular complexity index is 354. The summed E-state index contributed by atoms with van der Waals surface area (Å²) in [6, 6.07) is 0. The fraction of sp³-hybridized carbons (Fsp3) is 0.700. The smallest absolute Gasteiger partial charge is 0.306 e. The van der Waals surface area contributed by atoms with Crippen molar-refractivity contribution in [2.75, 3.05) is 12.4 Å². The van der Waals surface area contributed by atoms with E-state index in [1.54, 1.807) is 6.08 Å². The lowest BCUT2D eigenvalue weighted by Crippen LogP contribution is -2.15. The molecule has 1 rings (SSSR count). The Kier molecular flexibility index (Phi) is 3.90. The monoisotopic (exact) mass is 232 g/mol. The zero-order chi connectivity index (χ0) is 11.5. The van der Waals surface area contributed by atoms with Gasteiger partial charge < -0.3 is 4.74 Å². The van der Waals surface area contributed by atoms with E-state index in [0.29, 0.717) is 12.5 Å². The number of rotatable bonds is 4. The Morgan fingerprint density at radius 3 is 2.67 bits per heavy atom. The van der Waals surface area contributed by atoms with Crippen LogP contribution in [0.3, 0.4) is 0 Å². The van der Waals surface area contributed by atoms with Gasteiger partial charge in [-0.05, 0) is 5.92 Å². The molecule has 0 saturated carbocycles. The second-order valence-electron chi connectivity index (χ2n) is 4.20. The van der Waals surface area contributed by atoms with Crippen LogP contribution in [0.5, 0.6) is 0 Å². The van der Waals surface area contributed by atoms with Crippen LogP contribution in [0.1, 0.15) is 20.3 Å². The van der Waals surface area contributed by atoms with Gasteiger partial charge in [-0.15, -0.1) is 0 Å². The number of hydrogen-bond acceptors (Lipinski definition) is 4. The average Bonchev–Trinajstić information content (AvgIpc) is 2.42. The van der Waals surface area contributed by atoms with E-state index >= 15 is 0 Å². The largest absolute Gasteiger partial charge is 0.465 e. The number of ether oxygens (including phenoxy) is 1. The van der Waals surface area contributed by atoms with Gasteiger partial charge in [0.25, 0.3) is 0 Å². The predicted molar refractivity (Wildman–Crippen MR) is 56.8 cm³/mol. The molecule has 86 valence electrons. The molecule has 4 nitrogen and oxygen atoms in total. The van der Waals surface area contributed by atoms with Gasteiger partial charge in [0.2, 0.25) is 0 Å². The molecular weight excluding hydrogens is 216 g/mol. The Labute approximate surface area is 90.2 Å². The van der Waals surface area contributed by atoms with Crippen LogP contribution < -0.4 is 0 Å². The summed E-state index contributed by atoms with van der Waals surface area (Å²) < 4.78 is 27.1. The molecule has 0 fully saturated rings. The quantitative estimate of drug-likeness (QED) is 0.682. The lowest BCUT2D eigenvalue weighted by atomic mass is 10.1. The Hall–Kier alpha value is -0.840. The molecule has 0 aromatic carbocycles. The summed E-state index contributed by atoms with van der Waals surface area (Å²) in [4.78, 5) is 11.3. The van der Waals surface area contributed by atoms with E-state index in [2.05, 4.69) is 0 Å². The molecule has 0 spiro atoms. The summed E-state index contributed by atoms with van der Waals surface area (Å²) in [7, 11) is -3.06. The molecule has 15 heavy (non-hydrogen) atoms. The topological polar surface area (TPSA) is 60.4 Å². The summed E-state index contributed by atoms with van der Waals surface area (Å²) in [6.45, 7) is 4.29. The third-order valence-electron chi connectivity index (χ3n) is 2.01. The summed E-state index contributed by atoms with van der Waals surface area (Å²) in [5.41, 5.74) is 0. The van der Waals surface area contributed by atoms with Crippen molar-refractivity contribution in [1.82, 2.24) is 0 Å². The summed E-state index contributed by atoms with van der Waals surface area (Å²) in [5.74, 6) is -0.203. The van der Waals surface area contributed by atoms with E-state index in [9.17, 15) is 13.2 Å². The molecule has 0 amide bonds. The highest BCUT2D eigenvalue weighted by Crippen LogP contribution is 2.18. The standard InChI is InChI=1S/C10H16O4S/c1-8(2)6-14-10(11)5-9-3-4-15(12,13)7-9/h3-4,8-9H,5-7H2,1-2H3/t9-/m0/s1. The SMILES string of the molecule is CC(C)COC(=O)C[C@@H]1C=CS(=O)(=O)C1. The molecule has 0 bridgehead atoms. The highest BCUT2D eigenvalue weighted by molar-refractivity contribution is 7.94. The number of sulfone groups is 1. The zero-order valence-electron chi connectivity index (χ0n) is 8.97. The van der Waals surface area contributed by atoms with E-state index in [4.69, 9.17) is 4.74 Å². The molecule has 1 heterocycles. The zero-order valence-corrected chi connectivity index (χ0v) is 9.79. The van der Waals surface area contributed by atoms with Gasteiger partial charge in [0.15, 0.2) is 9.84 Å². The summed E-state index contributed by atoms with van der Waals surface area (Å²) >= 11 is 0. The molecule has 5 heteroatoms. The van der Waals surface area contributed by atoms with Crippen molar-refractivity contribution in [3.63, 3.8) is 0 Å². The van der Waals surface area contributed by atoms with Crippen LogP contribution in [-0.4, -0.2) is 26.7 Å². The van der Waals surface area contributed by atoms with Crippen LogP contribution in [0.25, 0.3) is 0 Å². The lowest BCUT2D eigenvalue weighted by Gasteiger charge is -2.09. The van der Waals surface area contributed by atoms with Crippen LogP contribution in [0.15, 0.2) is 11.5 Å². The molecule has 0 unspecified atom stereocenters. The predicted octanol–water partition coefficient (Wildman–Crippen LogP) is 1.13. The maximum Gasteiger partial charge on any atom is 0.306 e. The normalized spacial score (nSPS) is 23.3. The molecule has 0 saturated heterocycles. The van der Waals surface area contributed by atoms with Gasteiger partial charge in [-0.25, -0.2) is 8.42 Å². The van der Waals surface area contributed by atoms with Gasteiger partial charge in [-0.1, -0.05) is 19.9 Å². The van der Waals surface area contributed by atoms with Crippen LogP contribution in [-0.2, 0) is 19.4 Å². The molecule has 0 aliphatic carbocycles. The molecule has 0 N–H and O–H groups in total. The third kappa shape index (κ3) is 4.46. The molecule has 1 atom stereocenters. The van der Waals surface area contributed by atoms with Crippen molar-refractivity contribution in [2.24, 2.45) is 11.8 Å². The fourth-order valence-corrected chi connectivity index (χ4v) is 2.70. The first-order chi connectivity index (χ1) is 6.89. The first kappa shape index (κ1) is 12.2. The number of carbonyl (C=O) groups excluding carboxylic acids is 1. The lowest BCUT2D eigenvalue weighted by molar-refractivity contribution is -0.145. The van der Waals surface area contributed by atoms with Crippen molar-refractivity contribution >= 4 is 15.8 Å². The van der Waals surface area contributed by atoms with E-state index < -0.39 is 9.84 Å². The van der Waals surface area contributed by atoms with Crippen molar-refractivity contribution in [3.8, 4) is 0 Å². The highest BCUT2D eigenvalue weighted by atomic mass is 32.2. The van der Waals surface area contributed by atoms with E-state index in [1.165, 1.54) is 5.41 Å². The molecule has 0 aromatic heterocycles. The van der Waals surface area contributed by atoms with Gasteiger partial charge in [-0.3, -0.25) is 4.79 Å². The van der Waals surface area contributed by atoms with Crippen LogP contribution in [0, 0.1) is 11.8 Å². The summed E-state index contributed by atoms with van der Waals surface area (Å²) in [5, 5.41) is 1.17. The minimum Gasteiger partial charge on any atom is -0.465 e. The molecular formula is C10H16O4S. The van der Waals surface area contributed by atoms with E-state index in [-0.39, 0.29) is 24.1 Å². The number of hydrogen-bond donors (Lipinski definition) is 0. The first-order valence-corrected chi connectivity index (χ1v) is 6.67. The van der Waals surface area contributed by atoms with Crippen LogP contribution >= 0.6 is 0 Å². The molecule has 1 aliphatic heterocycles. The van der Waals surface area contributed by atoms with Crippen LogP contribution in [0.4, 0.5) is 0 Å². The first-order valence-electron chi connectivity index (χ1n) is 4.95. The van der Waals surface area contributed by atoms with Gasteiger partial charge in [-0.2, -0.15) is 0 Å². The molecule has 1 aliphatic rings. The van der Waals surface area contributed by atoms with Crippen LogP contribution in [0.2, 0.25) is 0 Å². The number of carbonyl (C=O) groups is 1. The third-order valence-corrected chi connectivity index (χ3v) is 3.48. The number of allylic oxidation sites excluding steroid dienone is 1. The van der Waals surface area contributed by atoms with Crippen molar-refractivity contribution in [3.05, 3.63) is 11.5 Å². The molecule has 0 aromatic rings. The van der Waals surface area contributed by atoms with Crippen molar-refractivity contribution in [2.45, 2.75) is 20.3 Å². The maximum atomic E-state index is 11.3. The Morgan fingerprint density at radius 2 is 2.20 bits per heavy atom.